The summed E-state index contributed by atoms with van der Waals surface area (Å²) in [6, 6.07) is 23.6. The van der Waals surface area contributed by atoms with Crippen molar-refractivity contribution in [1.29, 1.82) is 0 Å². The van der Waals surface area contributed by atoms with Crippen LogP contribution >= 0.6 is 11.8 Å². The lowest BCUT2D eigenvalue weighted by Gasteiger charge is -2.18. The lowest BCUT2D eigenvalue weighted by molar-refractivity contribution is -0.113. The number of carbonyl (C=O) groups excluding carboxylic acids is 1. The summed E-state index contributed by atoms with van der Waals surface area (Å²) in [7, 11) is 0. The summed E-state index contributed by atoms with van der Waals surface area (Å²) in [5.74, 6) is 0.698. The van der Waals surface area contributed by atoms with Gasteiger partial charge in [-0.25, -0.2) is 4.99 Å². The van der Waals surface area contributed by atoms with Crippen LogP contribution < -0.4 is 9.64 Å². The average Bonchev–Trinajstić information content (AvgIpc) is 3.09. The minimum absolute atomic E-state index is 0.0815. The van der Waals surface area contributed by atoms with Crippen molar-refractivity contribution in [3.8, 4) is 5.75 Å². The third-order valence-corrected chi connectivity index (χ3v) is 6.13. The molecule has 1 saturated heterocycles. The van der Waals surface area contributed by atoms with E-state index in [4.69, 9.17) is 9.73 Å². The number of aliphatic imine (C=N–C) groups is 1. The van der Waals surface area contributed by atoms with Crippen molar-refractivity contribution < 1.29 is 9.53 Å². The smallest absolute Gasteiger partial charge is 0.271 e. The molecule has 1 fully saturated rings. The second-order valence-corrected chi connectivity index (χ2v) is 8.61. The quantitative estimate of drug-likeness (QED) is 0.390. The highest BCUT2D eigenvalue weighted by atomic mass is 32.2. The van der Waals surface area contributed by atoms with Crippen LogP contribution in [0, 0.1) is 13.8 Å². The Labute approximate surface area is 193 Å². The van der Waals surface area contributed by atoms with Crippen LogP contribution in [-0.4, -0.2) is 17.7 Å². The number of thioether (sulfide) groups is 1. The van der Waals surface area contributed by atoms with Gasteiger partial charge in [-0.1, -0.05) is 61.5 Å². The predicted molar refractivity (Wildman–Crippen MR) is 135 cm³/mol. The van der Waals surface area contributed by atoms with Gasteiger partial charge in [-0.2, -0.15) is 0 Å². The normalized spacial score (nSPS) is 16.2. The van der Waals surface area contributed by atoms with Gasteiger partial charge in [-0.3, -0.25) is 9.69 Å². The molecular weight excluding hydrogens is 416 g/mol. The van der Waals surface area contributed by atoms with Gasteiger partial charge in [0.1, 0.15) is 5.75 Å². The van der Waals surface area contributed by atoms with E-state index in [1.54, 1.807) is 4.90 Å². The zero-order chi connectivity index (χ0) is 22.5. The number of amides is 1. The maximum absolute atomic E-state index is 13.6. The Morgan fingerprint density at radius 1 is 0.938 bits per heavy atom. The SMILES string of the molecule is CCCOc1ccccc1C=C1SC(=Nc2ccccc2C)N(c2ccccc2C)C1=O. The van der Waals surface area contributed by atoms with Gasteiger partial charge in [-0.05, 0) is 67.4 Å². The van der Waals surface area contributed by atoms with Crippen LogP contribution in [0.5, 0.6) is 5.75 Å². The fraction of sp³-hybridized carbons (Fsp3) is 0.185. The predicted octanol–water partition coefficient (Wildman–Crippen LogP) is 6.90. The average molecular weight is 443 g/mol. The Morgan fingerprint density at radius 3 is 2.38 bits per heavy atom. The molecular formula is C27H26N2O2S. The monoisotopic (exact) mass is 442 g/mol. The van der Waals surface area contributed by atoms with E-state index in [9.17, 15) is 4.79 Å². The van der Waals surface area contributed by atoms with Crippen molar-refractivity contribution >= 4 is 40.3 Å². The summed E-state index contributed by atoms with van der Waals surface area (Å²) in [4.78, 5) is 20.8. The molecule has 1 aliphatic heterocycles. The van der Waals surface area contributed by atoms with E-state index >= 15 is 0 Å². The van der Waals surface area contributed by atoms with Gasteiger partial charge in [0.25, 0.3) is 5.91 Å². The number of carbonyl (C=O) groups is 1. The molecule has 4 rings (SSSR count). The fourth-order valence-corrected chi connectivity index (χ4v) is 4.43. The highest BCUT2D eigenvalue weighted by Gasteiger charge is 2.35. The Kier molecular flexibility index (Phi) is 6.76. The van der Waals surface area contributed by atoms with Gasteiger partial charge in [0.15, 0.2) is 5.17 Å². The van der Waals surface area contributed by atoms with Gasteiger partial charge in [0, 0.05) is 5.56 Å². The number of ether oxygens (including phenoxy) is 1. The fourth-order valence-electron chi connectivity index (χ4n) is 3.45. The Morgan fingerprint density at radius 2 is 1.62 bits per heavy atom. The topological polar surface area (TPSA) is 41.9 Å². The second-order valence-electron chi connectivity index (χ2n) is 7.60. The molecule has 4 nitrogen and oxygen atoms in total. The molecule has 3 aromatic rings. The number of anilines is 1. The molecule has 0 spiro atoms. The molecule has 1 heterocycles. The number of benzene rings is 3. The van der Waals surface area contributed by atoms with Crippen molar-refractivity contribution in [2.75, 3.05) is 11.5 Å². The maximum atomic E-state index is 13.6. The highest BCUT2D eigenvalue weighted by molar-refractivity contribution is 8.19. The van der Waals surface area contributed by atoms with E-state index < -0.39 is 0 Å². The first-order chi connectivity index (χ1) is 15.6. The Hall–Kier alpha value is -3.31. The van der Waals surface area contributed by atoms with Crippen LogP contribution in [-0.2, 0) is 4.79 Å². The van der Waals surface area contributed by atoms with Gasteiger partial charge in [0.05, 0.1) is 22.9 Å². The summed E-state index contributed by atoms with van der Waals surface area (Å²) in [5.41, 5.74) is 4.67. The lowest BCUT2D eigenvalue weighted by Crippen LogP contribution is -2.29. The van der Waals surface area contributed by atoms with Crippen molar-refractivity contribution in [2.24, 2.45) is 4.99 Å². The Bertz CT molecular complexity index is 1200. The van der Waals surface area contributed by atoms with Gasteiger partial charge < -0.3 is 4.74 Å². The van der Waals surface area contributed by atoms with Crippen molar-refractivity contribution in [3.05, 3.63) is 94.4 Å². The van der Waals surface area contributed by atoms with Crippen molar-refractivity contribution in [2.45, 2.75) is 27.2 Å². The summed E-state index contributed by atoms with van der Waals surface area (Å²) >= 11 is 1.39. The minimum Gasteiger partial charge on any atom is -0.493 e. The molecule has 0 bridgehead atoms. The number of rotatable bonds is 6. The molecule has 5 heteroatoms. The molecule has 0 radical (unpaired) electrons. The molecule has 0 aromatic heterocycles. The first kappa shape index (κ1) is 21.9. The Balaban J connectivity index is 1.79. The minimum atomic E-state index is -0.0815. The summed E-state index contributed by atoms with van der Waals surface area (Å²) in [6.07, 6.45) is 2.83. The first-order valence-corrected chi connectivity index (χ1v) is 11.6. The van der Waals surface area contributed by atoms with Crippen LogP contribution in [0.15, 0.2) is 82.7 Å². The molecule has 0 unspecified atom stereocenters. The maximum Gasteiger partial charge on any atom is 0.271 e. The zero-order valence-electron chi connectivity index (χ0n) is 18.5. The standard InChI is InChI=1S/C27H26N2O2S/c1-4-17-31-24-16-10-7-13-21(24)18-25-26(30)29(23-15-9-6-12-20(23)3)27(32-25)28-22-14-8-5-11-19(22)2/h5-16,18H,4,17H2,1-3H3. The van der Waals surface area contributed by atoms with Crippen molar-refractivity contribution in [3.63, 3.8) is 0 Å². The van der Waals surface area contributed by atoms with E-state index in [-0.39, 0.29) is 5.91 Å². The van der Waals surface area contributed by atoms with Crippen LogP contribution in [0.25, 0.3) is 6.08 Å². The highest BCUT2D eigenvalue weighted by Crippen LogP contribution is 2.39. The zero-order valence-corrected chi connectivity index (χ0v) is 19.4. The molecule has 0 N–H and O–H groups in total. The molecule has 32 heavy (non-hydrogen) atoms. The number of hydrogen-bond donors (Lipinski definition) is 0. The van der Waals surface area contributed by atoms with Crippen LogP contribution in [0.3, 0.4) is 0 Å². The summed E-state index contributed by atoms with van der Waals surface area (Å²) in [6.45, 7) is 6.74. The number of hydrogen-bond acceptors (Lipinski definition) is 4. The van der Waals surface area contributed by atoms with E-state index in [1.165, 1.54) is 11.8 Å². The molecule has 3 aromatic carbocycles. The lowest BCUT2D eigenvalue weighted by atomic mass is 10.1. The largest absolute Gasteiger partial charge is 0.493 e. The van der Waals surface area contributed by atoms with E-state index in [0.717, 1.165) is 40.2 Å². The van der Waals surface area contributed by atoms with Crippen molar-refractivity contribution in [1.82, 2.24) is 0 Å². The number of aryl methyl sites for hydroxylation is 2. The third kappa shape index (κ3) is 4.63. The second kappa shape index (κ2) is 9.88. The third-order valence-electron chi connectivity index (χ3n) is 5.16. The molecule has 162 valence electrons. The van der Waals surface area contributed by atoms with Crippen LogP contribution in [0.4, 0.5) is 11.4 Å². The van der Waals surface area contributed by atoms with E-state index in [2.05, 4.69) is 6.92 Å². The number of nitrogens with zero attached hydrogens (tertiary/aromatic N) is 2. The summed E-state index contributed by atoms with van der Waals surface area (Å²) in [5, 5.41) is 0.650. The van der Waals surface area contributed by atoms with E-state index in [0.29, 0.717) is 16.7 Å². The van der Waals surface area contributed by atoms with Gasteiger partial charge in [0.2, 0.25) is 0 Å². The first-order valence-electron chi connectivity index (χ1n) is 10.7. The number of para-hydroxylation sites is 3. The molecule has 0 atom stereocenters. The van der Waals surface area contributed by atoms with Crippen LogP contribution in [0.1, 0.15) is 30.0 Å². The molecule has 0 saturated carbocycles. The number of amidine groups is 1. The molecule has 0 aliphatic carbocycles. The summed E-state index contributed by atoms with van der Waals surface area (Å²) < 4.78 is 5.89. The van der Waals surface area contributed by atoms with Crippen LogP contribution in [0.2, 0.25) is 0 Å². The van der Waals surface area contributed by atoms with E-state index in [1.807, 2.05) is 92.7 Å². The molecule has 1 aliphatic rings. The molecule has 1 amide bonds. The van der Waals surface area contributed by atoms with Gasteiger partial charge in [-0.15, -0.1) is 0 Å². The van der Waals surface area contributed by atoms with Gasteiger partial charge >= 0.3 is 0 Å².